The van der Waals surface area contributed by atoms with Crippen molar-refractivity contribution in [3.8, 4) is 0 Å². The van der Waals surface area contributed by atoms with E-state index in [1.54, 1.807) is 0 Å². The number of carbonyl (C=O) groups is 1. The third-order valence-electron chi connectivity index (χ3n) is 2.41. The molecule has 0 unspecified atom stereocenters. The van der Waals surface area contributed by atoms with Crippen molar-refractivity contribution < 1.29 is 4.79 Å². The van der Waals surface area contributed by atoms with Crippen molar-refractivity contribution in [2.24, 2.45) is 5.73 Å². The predicted molar refractivity (Wildman–Crippen MR) is 57.4 cm³/mol. The van der Waals surface area contributed by atoms with E-state index in [0.717, 1.165) is 0 Å². The second kappa shape index (κ2) is 5.47. The van der Waals surface area contributed by atoms with Crippen LogP contribution in [-0.4, -0.2) is 24.0 Å². The van der Waals surface area contributed by atoms with Crippen molar-refractivity contribution in [2.45, 2.75) is 39.2 Å². The summed E-state index contributed by atoms with van der Waals surface area (Å²) in [6.07, 6.45) is 1.24. The summed E-state index contributed by atoms with van der Waals surface area (Å²) in [6, 6.07) is -0.272. The number of nitrogens with one attached hydrogen (secondary N) is 3. The number of urea groups is 1. The van der Waals surface area contributed by atoms with Crippen molar-refractivity contribution in [3.63, 3.8) is 0 Å². The highest BCUT2D eigenvalue weighted by molar-refractivity contribution is 5.91. The quantitative estimate of drug-likeness (QED) is 0.390. The van der Waals surface area contributed by atoms with Gasteiger partial charge in [-0.3, -0.25) is 5.41 Å². The molecule has 0 aromatic carbocycles. The Hall–Kier alpha value is -1.26. The van der Waals surface area contributed by atoms with Gasteiger partial charge in [0.05, 0.1) is 5.54 Å². The zero-order chi connectivity index (χ0) is 11.2. The number of carbonyl (C=O) groups excluding carboxylic acids is 1. The van der Waals surface area contributed by atoms with Crippen LogP contribution in [0.5, 0.6) is 0 Å². The van der Waals surface area contributed by atoms with E-state index in [1.165, 1.54) is 0 Å². The topological polar surface area (TPSA) is 91.0 Å². The first-order valence-corrected chi connectivity index (χ1v) is 4.92. The highest BCUT2D eigenvalue weighted by Crippen LogP contribution is 2.14. The second-order valence-electron chi connectivity index (χ2n) is 3.19. The van der Waals surface area contributed by atoms with E-state index in [-0.39, 0.29) is 11.9 Å². The van der Waals surface area contributed by atoms with Gasteiger partial charge in [0.25, 0.3) is 0 Å². The van der Waals surface area contributed by atoms with Gasteiger partial charge in [-0.15, -0.1) is 0 Å². The predicted octanol–water partition coefficient (Wildman–Crippen LogP) is 0.800. The molecule has 0 saturated heterocycles. The molecule has 5 heteroatoms. The normalized spacial score (nSPS) is 10.8. The molecule has 0 bridgehead atoms. The molecule has 0 rings (SSSR count). The summed E-state index contributed by atoms with van der Waals surface area (Å²) in [5.41, 5.74) is 4.78. The van der Waals surface area contributed by atoms with Crippen molar-refractivity contribution in [2.75, 3.05) is 6.54 Å². The van der Waals surface area contributed by atoms with Gasteiger partial charge in [-0.2, -0.15) is 0 Å². The maximum Gasteiger partial charge on any atom is 0.315 e. The molecule has 0 aliphatic carbocycles. The van der Waals surface area contributed by atoms with Crippen molar-refractivity contribution in [1.82, 2.24) is 10.6 Å². The summed E-state index contributed by atoms with van der Waals surface area (Å²) in [7, 11) is 0. The van der Waals surface area contributed by atoms with Crippen LogP contribution in [0.1, 0.15) is 33.6 Å². The smallest absolute Gasteiger partial charge is 0.315 e. The standard InChI is InChI=1S/C9H20N4O/c1-4-9(5-2,7(10)11)13-8(14)12-6-3/h4-6H2,1-3H3,(H3,10,11)(H2,12,13,14). The molecule has 0 aromatic rings. The molecule has 5 N–H and O–H groups in total. The molecular weight excluding hydrogens is 180 g/mol. The van der Waals surface area contributed by atoms with E-state index in [2.05, 4.69) is 10.6 Å². The summed E-state index contributed by atoms with van der Waals surface area (Å²) in [4.78, 5) is 11.3. The van der Waals surface area contributed by atoms with E-state index in [9.17, 15) is 4.79 Å². The van der Waals surface area contributed by atoms with E-state index < -0.39 is 5.54 Å². The Balaban J connectivity index is 4.51. The number of amidine groups is 1. The minimum atomic E-state index is -0.695. The van der Waals surface area contributed by atoms with Crippen molar-refractivity contribution in [3.05, 3.63) is 0 Å². The number of amides is 2. The van der Waals surface area contributed by atoms with Gasteiger partial charge >= 0.3 is 6.03 Å². The molecule has 0 aromatic heterocycles. The molecule has 0 aliphatic heterocycles. The van der Waals surface area contributed by atoms with Crippen LogP contribution in [0.3, 0.4) is 0 Å². The summed E-state index contributed by atoms with van der Waals surface area (Å²) >= 11 is 0. The fraction of sp³-hybridized carbons (Fsp3) is 0.778. The molecule has 0 spiro atoms. The zero-order valence-corrected chi connectivity index (χ0v) is 9.11. The summed E-state index contributed by atoms with van der Waals surface area (Å²) in [5.74, 6) is 0.00810. The average Bonchev–Trinajstić information content (AvgIpc) is 2.14. The maximum absolute atomic E-state index is 11.3. The molecule has 0 heterocycles. The maximum atomic E-state index is 11.3. The van der Waals surface area contributed by atoms with Gasteiger partial charge in [0, 0.05) is 6.54 Å². The third kappa shape index (κ3) is 2.90. The van der Waals surface area contributed by atoms with E-state index in [4.69, 9.17) is 11.1 Å². The lowest BCUT2D eigenvalue weighted by molar-refractivity contribution is 0.232. The van der Waals surface area contributed by atoms with Crippen LogP contribution < -0.4 is 16.4 Å². The number of hydrogen-bond acceptors (Lipinski definition) is 2. The molecular formula is C9H20N4O. The fourth-order valence-electron chi connectivity index (χ4n) is 1.30. The molecule has 0 atom stereocenters. The van der Waals surface area contributed by atoms with Crippen LogP contribution in [-0.2, 0) is 0 Å². The van der Waals surface area contributed by atoms with Gasteiger partial charge in [-0.25, -0.2) is 4.79 Å². The first-order valence-electron chi connectivity index (χ1n) is 4.92. The van der Waals surface area contributed by atoms with Crippen molar-refractivity contribution >= 4 is 11.9 Å². The largest absolute Gasteiger partial charge is 0.386 e. The second-order valence-corrected chi connectivity index (χ2v) is 3.19. The third-order valence-corrected chi connectivity index (χ3v) is 2.41. The molecule has 0 radical (unpaired) electrons. The molecule has 0 saturated carbocycles. The number of nitrogens with two attached hydrogens (primary N) is 1. The first-order chi connectivity index (χ1) is 6.52. The Morgan fingerprint density at radius 2 is 1.86 bits per heavy atom. The first kappa shape index (κ1) is 12.7. The summed E-state index contributed by atoms with van der Waals surface area (Å²) in [6.45, 7) is 6.20. The van der Waals surface area contributed by atoms with Gasteiger partial charge in [0.1, 0.15) is 5.84 Å². The molecule has 2 amide bonds. The Morgan fingerprint density at radius 1 is 1.36 bits per heavy atom. The lowest BCUT2D eigenvalue weighted by atomic mass is 9.92. The molecule has 0 fully saturated rings. The minimum Gasteiger partial charge on any atom is -0.386 e. The van der Waals surface area contributed by atoms with Crippen LogP contribution in [0.2, 0.25) is 0 Å². The Labute approximate surface area is 84.9 Å². The van der Waals surface area contributed by atoms with Gasteiger partial charge < -0.3 is 16.4 Å². The molecule has 5 nitrogen and oxygen atoms in total. The van der Waals surface area contributed by atoms with Gasteiger partial charge in [-0.05, 0) is 19.8 Å². The highest BCUT2D eigenvalue weighted by Gasteiger charge is 2.31. The van der Waals surface area contributed by atoms with Crippen LogP contribution in [0, 0.1) is 5.41 Å². The van der Waals surface area contributed by atoms with E-state index in [0.29, 0.717) is 19.4 Å². The Bertz CT molecular complexity index is 211. The van der Waals surface area contributed by atoms with Crippen LogP contribution in [0.25, 0.3) is 0 Å². The molecule has 82 valence electrons. The highest BCUT2D eigenvalue weighted by atomic mass is 16.2. The minimum absolute atomic E-state index is 0.00810. The van der Waals surface area contributed by atoms with Gasteiger partial charge in [0.15, 0.2) is 0 Å². The van der Waals surface area contributed by atoms with Gasteiger partial charge in [-0.1, -0.05) is 13.8 Å². The summed E-state index contributed by atoms with van der Waals surface area (Å²) in [5, 5.41) is 12.8. The lowest BCUT2D eigenvalue weighted by Crippen LogP contribution is -2.58. The zero-order valence-electron chi connectivity index (χ0n) is 9.11. The van der Waals surface area contributed by atoms with Crippen molar-refractivity contribution in [1.29, 1.82) is 5.41 Å². The summed E-state index contributed by atoms with van der Waals surface area (Å²) < 4.78 is 0. The monoisotopic (exact) mass is 200 g/mol. The fourth-order valence-corrected chi connectivity index (χ4v) is 1.30. The van der Waals surface area contributed by atoms with Crippen LogP contribution in [0.4, 0.5) is 4.79 Å². The van der Waals surface area contributed by atoms with E-state index >= 15 is 0 Å². The van der Waals surface area contributed by atoms with Gasteiger partial charge in [0.2, 0.25) is 0 Å². The number of rotatable bonds is 5. The molecule has 14 heavy (non-hydrogen) atoms. The lowest BCUT2D eigenvalue weighted by Gasteiger charge is -2.31. The molecule has 0 aliphatic rings. The van der Waals surface area contributed by atoms with Crippen LogP contribution in [0.15, 0.2) is 0 Å². The van der Waals surface area contributed by atoms with Crippen LogP contribution >= 0.6 is 0 Å². The van der Waals surface area contributed by atoms with E-state index in [1.807, 2.05) is 20.8 Å². The SMILES string of the molecule is CCNC(=O)NC(CC)(CC)C(=N)N. The number of hydrogen-bond donors (Lipinski definition) is 4. The Morgan fingerprint density at radius 3 is 2.14 bits per heavy atom. The Kier molecular flexibility index (Phi) is 4.97. The average molecular weight is 200 g/mol.